The van der Waals surface area contributed by atoms with E-state index in [2.05, 4.69) is 17.1 Å². The highest BCUT2D eigenvalue weighted by molar-refractivity contribution is 7.20. The van der Waals surface area contributed by atoms with E-state index in [-0.39, 0.29) is 11.6 Å². The van der Waals surface area contributed by atoms with Gasteiger partial charge in [-0.15, -0.1) is 0 Å². The largest absolute Gasteiger partial charge is 0.457 e. The molecule has 0 fully saturated rings. The Morgan fingerprint density at radius 2 is 1.21 bits per heavy atom. The molecule has 0 saturated heterocycles. The SMILES string of the molecule is Fc1ccc([Si]2(c3ccc(F)cc3)c3ccccc3Oc3c(-c4ccccn4)cccc32)cc1. The Kier molecular flexibility index (Phi) is 4.85. The Bertz CT molecular complexity index is 1440. The summed E-state index contributed by atoms with van der Waals surface area (Å²) in [5.74, 6) is 0.892. The smallest absolute Gasteiger partial charge is 0.188 e. The second kappa shape index (κ2) is 8.04. The minimum absolute atomic E-state index is 0.296. The number of pyridine rings is 1. The topological polar surface area (TPSA) is 22.1 Å². The van der Waals surface area contributed by atoms with E-state index in [1.165, 1.54) is 24.3 Å². The first kappa shape index (κ1) is 20.5. The summed E-state index contributed by atoms with van der Waals surface area (Å²) in [4.78, 5) is 4.57. The molecule has 0 atom stereocenters. The third kappa shape index (κ3) is 3.09. The lowest BCUT2D eigenvalue weighted by molar-refractivity contribution is 0.488. The number of ether oxygens (including phenoxy) is 1. The Morgan fingerprint density at radius 1 is 0.588 bits per heavy atom. The van der Waals surface area contributed by atoms with Gasteiger partial charge in [-0.2, -0.15) is 0 Å². The maximum absolute atomic E-state index is 14.0. The highest BCUT2D eigenvalue weighted by atomic mass is 28.3. The van der Waals surface area contributed by atoms with E-state index in [9.17, 15) is 8.78 Å². The third-order valence-electron chi connectivity index (χ3n) is 6.42. The molecule has 4 aromatic carbocycles. The van der Waals surface area contributed by atoms with Crippen LogP contribution in [0, 0.1) is 11.6 Å². The molecule has 0 unspecified atom stereocenters. The van der Waals surface area contributed by atoms with Crippen molar-refractivity contribution in [2.24, 2.45) is 0 Å². The van der Waals surface area contributed by atoms with Crippen LogP contribution in [0.15, 0.2) is 115 Å². The van der Waals surface area contributed by atoms with Gasteiger partial charge in [0.1, 0.15) is 23.1 Å². The van der Waals surface area contributed by atoms with Crippen molar-refractivity contribution in [2.75, 3.05) is 0 Å². The number of hydrogen-bond acceptors (Lipinski definition) is 2. The van der Waals surface area contributed by atoms with Crippen LogP contribution < -0.4 is 25.5 Å². The van der Waals surface area contributed by atoms with Crippen LogP contribution in [0.5, 0.6) is 11.5 Å². The van der Waals surface area contributed by atoms with Crippen molar-refractivity contribution < 1.29 is 13.5 Å². The monoisotopic (exact) mass is 463 g/mol. The molecule has 0 aliphatic carbocycles. The number of rotatable bonds is 3. The van der Waals surface area contributed by atoms with Crippen molar-refractivity contribution in [1.82, 2.24) is 4.98 Å². The van der Waals surface area contributed by atoms with Crippen LogP contribution in [0.1, 0.15) is 0 Å². The summed E-state index contributed by atoms with van der Waals surface area (Å²) in [6.07, 6.45) is 1.76. The lowest BCUT2D eigenvalue weighted by Crippen LogP contribution is -2.76. The van der Waals surface area contributed by atoms with Crippen LogP contribution in [0.2, 0.25) is 0 Å². The fourth-order valence-corrected chi connectivity index (χ4v) is 9.90. The van der Waals surface area contributed by atoms with Crippen molar-refractivity contribution in [3.8, 4) is 22.8 Å². The standard InChI is InChI=1S/C29H19F2NOSi/c30-20-11-15-22(16-12-20)34(23-17-13-21(31)14-18-23)27-9-2-1-8-26(27)33-29-24(6-5-10-28(29)34)25-7-3-4-19-32-25/h1-19H. The zero-order valence-corrected chi connectivity index (χ0v) is 19.1. The van der Waals surface area contributed by atoms with Crippen molar-refractivity contribution in [3.63, 3.8) is 0 Å². The van der Waals surface area contributed by atoms with E-state index in [4.69, 9.17) is 4.74 Å². The molecule has 5 aromatic rings. The fraction of sp³-hybridized carbons (Fsp3) is 0. The highest BCUT2D eigenvalue weighted by Gasteiger charge is 2.48. The van der Waals surface area contributed by atoms with Gasteiger partial charge >= 0.3 is 0 Å². The highest BCUT2D eigenvalue weighted by Crippen LogP contribution is 2.36. The maximum Gasteiger partial charge on any atom is 0.188 e. The van der Waals surface area contributed by atoms with Gasteiger partial charge in [0.15, 0.2) is 8.07 Å². The normalized spacial score (nSPS) is 13.5. The molecule has 0 spiro atoms. The Balaban J connectivity index is 1.76. The maximum atomic E-state index is 14.0. The lowest BCUT2D eigenvalue weighted by Gasteiger charge is -2.40. The first-order valence-electron chi connectivity index (χ1n) is 11.0. The fourth-order valence-electron chi connectivity index (χ4n) is 4.97. The Labute approximate surface area is 197 Å². The zero-order valence-electron chi connectivity index (χ0n) is 18.1. The summed E-state index contributed by atoms with van der Waals surface area (Å²) in [7, 11) is -2.97. The van der Waals surface area contributed by atoms with Gasteiger partial charge in [0.2, 0.25) is 0 Å². The van der Waals surface area contributed by atoms with Crippen molar-refractivity contribution in [1.29, 1.82) is 0 Å². The van der Waals surface area contributed by atoms with Crippen LogP contribution in [-0.4, -0.2) is 13.1 Å². The molecule has 1 aromatic heterocycles. The second-order valence-electron chi connectivity index (χ2n) is 8.26. The van der Waals surface area contributed by atoms with E-state index in [1.54, 1.807) is 6.20 Å². The van der Waals surface area contributed by atoms with Crippen molar-refractivity contribution in [3.05, 3.63) is 127 Å². The van der Waals surface area contributed by atoms with Gasteiger partial charge in [-0.05, 0) is 69.3 Å². The minimum Gasteiger partial charge on any atom is -0.457 e. The van der Waals surface area contributed by atoms with E-state index < -0.39 is 8.07 Å². The zero-order chi connectivity index (χ0) is 23.1. The average molecular weight is 464 g/mol. The molecule has 6 rings (SSSR count). The van der Waals surface area contributed by atoms with Gasteiger partial charge in [0.25, 0.3) is 0 Å². The molecule has 0 bridgehead atoms. The molecule has 0 amide bonds. The van der Waals surface area contributed by atoms with Crippen LogP contribution in [0.3, 0.4) is 0 Å². The average Bonchev–Trinajstić information content (AvgIpc) is 2.89. The van der Waals surface area contributed by atoms with Gasteiger partial charge in [-0.25, -0.2) is 8.78 Å². The summed E-state index contributed by atoms with van der Waals surface area (Å²) < 4.78 is 34.6. The van der Waals surface area contributed by atoms with Gasteiger partial charge in [-0.3, -0.25) is 4.98 Å². The molecular weight excluding hydrogens is 444 g/mol. The molecule has 0 radical (unpaired) electrons. The number of halogens is 2. The second-order valence-corrected chi connectivity index (χ2v) is 12.0. The lowest BCUT2D eigenvalue weighted by atomic mass is 10.1. The number of hydrogen-bond donors (Lipinski definition) is 0. The molecule has 5 heteroatoms. The summed E-state index contributed by atoms with van der Waals surface area (Å²) in [5.41, 5.74) is 1.69. The summed E-state index contributed by atoms with van der Waals surface area (Å²) in [6, 6.07) is 33.2. The van der Waals surface area contributed by atoms with Crippen molar-refractivity contribution >= 4 is 28.8 Å². The summed E-state index contributed by atoms with van der Waals surface area (Å²) in [5, 5.41) is 4.05. The number of fused-ring (bicyclic) bond motifs is 2. The van der Waals surface area contributed by atoms with E-state index in [0.717, 1.165) is 43.5 Å². The van der Waals surface area contributed by atoms with Crippen LogP contribution in [0.4, 0.5) is 8.78 Å². The number of benzene rings is 4. The third-order valence-corrected chi connectivity index (χ3v) is 11.2. The van der Waals surface area contributed by atoms with Gasteiger partial charge in [0, 0.05) is 11.8 Å². The molecule has 0 saturated carbocycles. The molecule has 34 heavy (non-hydrogen) atoms. The number of para-hydroxylation sites is 2. The molecule has 0 N–H and O–H groups in total. The van der Waals surface area contributed by atoms with Crippen LogP contribution >= 0.6 is 0 Å². The molecule has 2 nitrogen and oxygen atoms in total. The first-order chi connectivity index (χ1) is 16.7. The Hall–Kier alpha value is -4.09. The predicted octanol–water partition coefficient (Wildman–Crippen LogP) is 4.51. The van der Waals surface area contributed by atoms with Gasteiger partial charge in [0.05, 0.1) is 5.69 Å². The predicted molar refractivity (Wildman–Crippen MR) is 133 cm³/mol. The minimum atomic E-state index is -2.97. The molecule has 1 aliphatic heterocycles. The van der Waals surface area contributed by atoms with Gasteiger partial charge < -0.3 is 4.74 Å². The summed E-state index contributed by atoms with van der Waals surface area (Å²) in [6.45, 7) is 0. The molecular formula is C29H19F2NOSi. The van der Waals surface area contributed by atoms with Crippen molar-refractivity contribution in [2.45, 2.75) is 0 Å². The number of aromatic nitrogens is 1. The number of nitrogens with zero attached hydrogens (tertiary/aromatic N) is 1. The quantitative estimate of drug-likeness (QED) is 0.361. The molecule has 2 heterocycles. The molecule has 1 aliphatic rings. The molecule has 164 valence electrons. The summed E-state index contributed by atoms with van der Waals surface area (Å²) >= 11 is 0. The van der Waals surface area contributed by atoms with Crippen LogP contribution in [0.25, 0.3) is 11.3 Å². The van der Waals surface area contributed by atoms with Crippen LogP contribution in [-0.2, 0) is 0 Å². The van der Waals surface area contributed by atoms with Gasteiger partial charge in [-0.1, -0.05) is 60.7 Å². The van der Waals surface area contributed by atoms with E-state index in [0.29, 0.717) is 0 Å². The van der Waals surface area contributed by atoms with E-state index in [1.807, 2.05) is 72.8 Å². The first-order valence-corrected chi connectivity index (χ1v) is 13.0. The Morgan fingerprint density at radius 3 is 1.85 bits per heavy atom. The van der Waals surface area contributed by atoms with E-state index >= 15 is 0 Å².